The van der Waals surface area contributed by atoms with Crippen molar-refractivity contribution in [2.75, 3.05) is 18.9 Å². The maximum Gasteiger partial charge on any atom is 0.166 e. The molecule has 1 aromatic carbocycles. The summed E-state index contributed by atoms with van der Waals surface area (Å²) in [6, 6.07) is 9.67. The third kappa shape index (κ3) is 4.13. The van der Waals surface area contributed by atoms with Gasteiger partial charge in [-0.3, -0.25) is 0 Å². The number of pyridine rings is 1. The SMILES string of the molecule is Cc1ccc(OCCOc2cc(Br)cnc2N)cc1. The molecular formula is C14H15BrN2O2. The Kier molecular flexibility index (Phi) is 4.63. The van der Waals surface area contributed by atoms with Crippen LogP contribution >= 0.6 is 15.9 Å². The molecule has 2 rings (SSSR count). The van der Waals surface area contributed by atoms with Crippen molar-refractivity contribution >= 4 is 21.7 Å². The second-order valence-corrected chi connectivity index (χ2v) is 4.96. The number of halogens is 1. The van der Waals surface area contributed by atoms with Crippen LogP contribution in [-0.2, 0) is 0 Å². The van der Waals surface area contributed by atoms with E-state index in [4.69, 9.17) is 15.2 Å². The van der Waals surface area contributed by atoms with E-state index in [-0.39, 0.29) is 0 Å². The molecule has 1 aromatic heterocycles. The van der Waals surface area contributed by atoms with Crippen LogP contribution in [0.5, 0.6) is 11.5 Å². The molecule has 100 valence electrons. The Balaban J connectivity index is 1.80. The maximum atomic E-state index is 5.70. The van der Waals surface area contributed by atoms with Crippen molar-refractivity contribution in [3.63, 3.8) is 0 Å². The fourth-order valence-electron chi connectivity index (χ4n) is 1.49. The molecule has 0 atom stereocenters. The highest BCUT2D eigenvalue weighted by molar-refractivity contribution is 9.10. The van der Waals surface area contributed by atoms with Gasteiger partial charge in [-0.1, -0.05) is 17.7 Å². The molecule has 2 aromatic rings. The van der Waals surface area contributed by atoms with Gasteiger partial charge in [-0.2, -0.15) is 0 Å². The standard InChI is InChI=1S/C14H15BrN2O2/c1-10-2-4-12(5-3-10)18-6-7-19-13-8-11(15)9-17-14(13)16/h2-5,8-9H,6-7H2,1H3,(H2,16,17). The van der Waals surface area contributed by atoms with Crippen LogP contribution in [0.3, 0.4) is 0 Å². The lowest BCUT2D eigenvalue weighted by atomic mass is 10.2. The van der Waals surface area contributed by atoms with Crippen LogP contribution in [0.4, 0.5) is 5.82 Å². The Hall–Kier alpha value is -1.75. The molecule has 2 N–H and O–H groups in total. The van der Waals surface area contributed by atoms with Gasteiger partial charge < -0.3 is 15.2 Å². The van der Waals surface area contributed by atoms with Crippen molar-refractivity contribution in [3.8, 4) is 11.5 Å². The van der Waals surface area contributed by atoms with Crippen molar-refractivity contribution in [3.05, 3.63) is 46.6 Å². The minimum Gasteiger partial charge on any atom is -0.490 e. The summed E-state index contributed by atoms with van der Waals surface area (Å²) in [5.41, 5.74) is 6.91. The van der Waals surface area contributed by atoms with Crippen LogP contribution in [0.25, 0.3) is 0 Å². The summed E-state index contributed by atoms with van der Waals surface area (Å²) in [5, 5.41) is 0. The quantitative estimate of drug-likeness (QED) is 0.859. The Morgan fingerprint density at radius 2 is 1.84 bits per heavy atom. The van der Waals surface area contributed by atoms with E-state index in [2.05, 4.69) is 20.9 Å². The molecule has 0 aliphatic heterocycles. The van der Waals surface area contributed by atoms with Gasteiger partial charge >= 0.3 is 0 Å². The molecule has 0 amide bonds. The largest absolute Gasteiger partial charge is 0.490 e. The number of aryl methyl sites for hydroxylation is 1. The molecule has 1 heterocycles. The topological polar surface area (TPSA) is 57.4 Å². The zero-order valence-corrected chi connectivity index (χ0v) is 12.2. The average Bonchev–Trinajstić information content (AvgIpc) is 2.40. The van der Waals surface area contributed by atoms with Crippen molar-refractivity contribution in [1.82, 2.24) is 4.98 Å². The van der Waals surface area contributed by atoms with E-state index in [1.54, 1.807) is 12.3 Å². The summed E-state index contributed by atoms with van der Waals surface area (Å²) < 4.78 is 11.9. The molecular weight excluding hydrogens is 308 g/mol. The highest BCUT2D eigenvalue weighted by Crippen LogP contribution is 2.22. The number of nitrogen functional groups attached to an aromatic ring is 1. The predicted molar refractivity (Wildman–Crippen MR) is 78.5 cm³/mol. The average molecular weight is 323 g/mol. The molecule has 0 fully saturated rings. The van der Waals surface area contributed by atoms with E-state index in [0.717, 1.165) is 10.2 Å². The zero-order valence-electron chi connectivity index (χ0n) is 10.6. The van der Waals surface area contributed by atoms with E-state index < -0.39 is 0 Å². The summed E-state index contributed by atoms with van der Waals surface area (Å²) in [6.45, 7) is 2.90. The Morgan fingerprint density at radius 1 is 1.16 bits per heavy atom. The summed E-state index contributed by atoms with van der Waals surface area (Å²) in [4.78, 5) is 3.99. The monoisotopic (exact) mass is 322 g/mol. The number of nitrogens with zero attached hydrogens (tertiary/aromatic N) is 1. The first-order chi connectivity index (χ1) is 9.15. The number of ether oxygens (including phenoxy) is 2. The van der Waals surface area contributed by atoms with Gasteiger partial charge in [0.05, 0.1) is 0 Å². The van der Waals surface area contributed by atoms with Crippen molar-refractivity contribution in [2.45, 2.75) is 6.92 Å². The van der Waals surface area contributed by atoms with Crippen LogP contribution in [0.2, 0.25) is 0 Å². The van der Waals surface area contributed by atoms with Gasteiger partial charge in [-0.15, -0.1) is 0 Å². The van der Waals surface area contributed by atoms with E-state index >= 15 is 0 Å². The molecule has 0 saturated heterocycles. The highest BCUT2D eigenvalue weighted by atomic mass is 79.9. The molecule has 0 spiro atoms. The molecule has 0 saturated carbocycles. The fourth-order valence-corrected chi connectivity index (χ4v) is 1.80. The van der Waals surface area contributed by atoms with Crippen LogP contribution in [0.15, 0.2) is 41.0 Å². The third-order valence-electron chi connectivity index (χ3n) is 2.48. The summed E-state index contributed by atoms with van der Waals surface area (Å²) in [5.74, 6) is 1.76. The number of benzene rings is 1. The lowest BCUT2D eigenvalue weighted by Crippen LogP contribution is -2.10. The number of nitrogens with two attached hydrogens (primary N) is 1. The molecule has 0 aliphatic carbocycles. The van der Waals surface area contributed by atoms with Crippen LogP contribution in [-0.4, -0.2) is 18.2 Å². The molecule has 0 aliphatic rings. The number of hydrogen-bond acceptors (Lipinski definition) is 4. The van der Waals surface area contributed by atoms with Crippen LogP contribution < -0.4 is 15.2 Å². The van der Waals surface area contributed by atoms with Crippen molar-refractivity contribution < 1.29 is 9.47 Å². The minimum absolute atomic E-state index is 0.374. The van der Waals surface area contributed by atoms with E-state index in [0.29, 0.717) is 24.8 Å². The summed E-state index contributed by atoms with van der Waals surface area (Å²) in [7, 11) is 0. The summed E-state index contributed by atoms with van der Waals surface area (Å²) in [6.07, 6.45) is 1.63. The molecule has 5 heteroatoms. The lowest BCUT2D eigenvalue weighted by molar-refractivity contribution is 0.217. The number of hydrogen-bond donors (Lipinski definition) is 1. The first kappa shape index (κ1) is 13.7. The van der Waals surface area contributed by atoms with E-state index in [1.165, 1.54) is 5.56 Å². The predicted octanol–water partition coefficient (Wildman–Crippen LogP) is 3.19. The minimum atomic E-state index is 0.374. The second kappa shape index (κ2) is 6.43. The molecule has 0 unspecified atom stereocenters. The highest BCUT2D eigenvalue weighted by Gasteiger charge is 2.02. The van der Waals surface area contributed by atoms with Crippen molar-refractivity contribution in [2.24, 2.45) is 0 Å². The normalized spacial score (nSPS) is 10.2. The molecule has 4 nitrogen and oxygen atoms in total. The van der Waals surface area contributed by atoms with Gasteiger partial charge in [0, 0.05) is 10.7 Å². The molecule has 19 heavy (non-hydrogen) atoms. The van der Waals surface area contributed by atoms with E-state index in [1.807, 2.05) is 31.2 Å². The Labute approximate surface area is 120 Å². The number of rotatable bonds is 5. The first-order valence-corrected chi connectivity index (χ1v) is 6.68. The fraction of sp³-hybridized carbons (Fsp3) is 0.214. The van der Waals surface area contributed by atoms with Crippen LogP contribution in [0, 0.1) is 6.92 Å². The lowest BCUT2D eigenvalue weighted by Gasteiger charge is -2.10. The molecule has 0 radical (unpaired) electrons. The number of anilines is 1. The van der Waals surface area contributed by atoms with Gasteiger partial charge in [0.25, 0.3) is 0 Å². The molecule has 0 bridgehead atoms. The van der Waals surface area contributed by atoms with Gasteiger partial charge in [0.1, 0.15) is 19.0 Å². The van der Waals surface area contributed by atoms with Gasteiger partial charge in [0.2, 0.25) is 0 Å². The smallest absolute Gasteiger partial charge is 0.166 e. The second-order valence-electron chi connectivity index (χ2n) is 4.05. The van der Waals surface area contributed by atoms with Gasteiger partial charge in [-0.25, -0.2) is 4.98 Å². The first-order valence-electron chi connectivity index (χ1n) is 5.88. The Morgan fingerprint density at radius 3 is 2.58 bits per heavy atom. The number of aromatic nitrogens is 1. The van der Waals surface area contributed by atoms with E-state index in [9.17, 15) is 0 Å². The third-order valence-corrected chi connectivity index (χ3v) is 2.91. The van der Waals surface area contributed by atoms with Gasteiger partial charge in [-0.05, 0) is 41.1 Å². The zero-order chi connectivity index (χ0) is 13.7. The van der Waals surface area contributed by atoms with Crippen molar-refractivity contribution in [1.29, 1.82) is 0 Å². The van der Waals surface area contributed by atoms with Crippen LogP contribution in [0.1, 0.15) is 5.56 Å². The maximum absolute atomic E-state index is 5.70. The summed E-state index contributed by atoms with van der Waals surface area (Å²) >= 11 is 3.32. The van der Waals surface area contributed by atoms with Gasteiger partial charge in [0.15, 0.2) is 11.6 Å². The Bertz CT molecular complexity index is 544.